The van der Waals surface area contributed by atoms with Crippen molar-refractivity contribution in [3.63, 3.8) is 0 Å². The van der Waals surface area contributed by atoms with E-state index in [2.05, 4.69) is 4.98 Å². The van der Waals surface area contributed by atoms with Crippen molar-refractivity contribution in [1.82, 2.24) is 4.98 Å². The van der Waals surface area contributed by atoms with E-state index in [4.69, 9.17) is 14.2 Å². The van der Waals surface area contributed by atoms with Crippen LogP contribution in [0.5, 0.6) is 17.2 Å². The van der Waals surface area contributed by atoms with E-state index in [1.807, 2.05) is 0 Å². The molecule has 1 fully saturated rings. The fourth-order valence-electron chi connectivity index (χ4n) is 3.87. The number of rotatable bonds is 6. The standard InChI is InChI=1S/C25H22N2O6/c1-31-15-11-12-16(20(14-15)33-3)23(28)21-22(17-8-6-7-13-26-17)27(25(30)24(21)29)18-9-4-5-10-19(18)32-2/h4-14,22,28H,1-3H3/b23-21-. The predicted molar refractivity (Wildman–Crippen MR) is 122 cm³/mol. The molecule has 1 saturated heterocycles. The molecule has 1 aliphatic rings. The van der Waals surface area contributed by atoms with E-state index in [0.29, 0.717) is 22.9 Å². The molecule has 168 valence electrons. The van der Waals surface area contributed by atoms with Gasteiger partial charge in [0.25, 0.3) is 11.7 Å². The van der Waals surface area contributed by atoms with E-state index in [0.717, 1.165) is 0 Å². The second-order valence-corrected chi connectivity index (χ2v) is 7.16. The van der Waals surface area contributed by atoms with Crippen molar-refractivity contribution in [3.05, 3.63) is 83.7 Å². The number of aromatic nitrogens is 1. The highest BCUT2D eigenvalue weighted by Crippen LogP contribution is 2.45. The molecule has 1 atom stereocenters. The Kier molecular flexibility index (Phi) is 5.99. The molecule has 1 unspecified atom stereocenters. The lowest BCUT2D eigenvalue weighted by atomic mass is 9.97. The molecule has 3 aromatic rings. The predicted octanol–water partition coefficient (Wildman–Crippen LogP) is 3.73. The second kappa shape index (κ2) is 9.04. The monoisotopic (exact) mass is 446 g/mol. The summed E-state index contributed by atoms with van der Waals surface area (Å²) in [5.74, 6) is -0.811. The molecule has 1 N–H and O–H groups in total. The average molecular weight is 446 g/mol. The molecule has 0 saturated carbocycles. The van der Waals surface area contributed by atoms with E-state index < -0.39 is 17.7 Å². The first-order valence-corrected chi connectivity index (χ1v) is 10.1. The Morgan fingerprint density at radius 1 is 0.909 bits per heavy atom. The van der Waals surface area contributed by atoms with Crippen molar-refractivity contribution in [2.24, 2.45) is 0 Å². The second-order valence-electron chi connectivity index (χ2n) is 7.16. The lowest BCUT2D eigenvalue weighted by molar-refractivity contribution is -0.132. The van der Waals surface area contributed by atoms with Gasteiger partial charge in [-0.2, -0.15) is 0 Å². The number of carbonyl (C=O) groups is 2. The minimum absolute atomic E-state index is 0.104. The van der Waals surface area contributed by atoms with Crippen LogP contribution in [-0.2, 0) is 9.59 Å². The molecule has 2 heterocycles. The maximum Gasteiger partial charge on any atom is 0.300 e. The van der Waals surface area contributed by atoms with Crippen LogP contribution in [0.1, 0.15) is 17.3 Å². The number of hydrogen-bond acceptors (Lipinski definition) is 7. The lowest BCUT2D eigenvalue weighted by Gasteiger charge is -2.26. The highest BCUT2D eigenvalue weighted by molar-refractivity contribution is 6.51. The zero-order chi connectivity index (χ0) is 23.5. The SMILES string of the molecule is COc1ccc(/C(O)=C2/C(=O)C(=O)N(c3ccccc3OC)C2c2ccccn2)c(OC)c1. The lowest BCUT2D eigenvalue weighted by Crippen LogP contribution is -2.30. The topological polar surface area (TPSA) is 98.2 Å². The van der Waals surface area contributed by atoms with Gasteiger partial charge in [0.1, 0.15) is 29.0 Å². The Bertz CT molecular complexity index is 1240. The maximum atomic E-state index is 13.3. The van der Waals surface area contributed by atoms with Crippen molar-refractivity contribution < 1.29 is 28.9 Å². The molecule has 1 aromatic heterocycles. The molecule has 1 amide bonds. The van der Waals surface area contributed by atoms with Gasteiger partial charge in [0.2, 0.25) is 0 Å². The van der Waals surface area contributed by atoms with E-state index in [1.54, 1.807) is 66.9 Å². The maximum absolute atomic E-state index is 13.3. The number of ether oxygens (including phenoxy) is 3. The minimum atomic E-state index is -0.977. The van der Waals surface area contributed by atoms with Gasteiger partial charge in [-0.15, -0.1) is 0 Å². The number of aliphatic hydroxyl groups is 1. The molecule has 4 rings (SSSR count). The van der Waals surface area contributed by atoms with Crippen LogP contribution in [0.25, 0.3) is 5.76 Å². The van der Waals surface area contributed by atoms with E-state index in [9.17, 15) is 14.7 Å². The molecular formula is C25H22N2O6. The summed E-state index contributed by atoms with van der Waals surface area (Å²) < 4.78 is 16.0. The zero-order valence-electron chi connectivity index (χ0n) is 18.3. The fourth-order valence-corrected chi connectivity index (χ4v) is 3.87. The Morgan fingerprint density at radius 2 is 1.64 bits per heavy atom. The quantitative estimate of drug-likeness (QED) is 0.350. The van der Waals surface area contributed by atoms with Gasteiger partial charge in [-0.3, -0.25) is 19.5 Å². The molecule has 0 radical (unpaired) electrons. The van der Waals surface area contributed by atoms with Crippen LogP contribution in [0.2, 0.25) is 0 Å². The van der Waals surface area contributed by atoms with Gasteiger partial charge in [0.15, 0.2) is 0 Å². The summed E-state index contributed by atoms with van der Waals surface area (Å²) in [6.07, 6.45) is 1.56. The summed E-state index contributed by atoms with van der Waals surface area (Å²) in [7, 11) is 4.43. The summed E-state index contributed by atoms with van der Waals surface area (Å²) in [4.78, 5) is 32.2. The van der Waals surface area contributed by atoms with Gasteiger partial charge in [-0.05, 0) is 36.4 Å². The third-order valence-corrected chi connectivity index (χ3v) is 5.42. The first-order valence-electron chi connectivity index (χ1n) is 10.1. The molecule has 33 heavy (non-hydrogen) atoms. The van der Waals surface area contributed by atoms with Gasteiger partial charge in [-0.1, -0.05) is 18.2 Å². The largest absolute Gasteiger partial charge is 0.507 e. The van der Waals surface area contributed by atoms with Crippen LogP contribution in [0.4, 0.5) is 5.69 Å². The molecule has 2 aromatic carbocycles. The summed E-state index contributed by atoms with van der Waals surface area (Å²) in [6.45, 7) is 0. The summed E-state index contributed by atoms with van der Waals surface area (Å²) in [5.41, 5.74) is 0.945. The summed E-state index contributed by atoms with van der Waals surface area (Å²) >= 11 is 0. The number of hydrogen-bond donors (Lipinski definition) is 1. The summed E-state index contributed by atoms with van der Waals surface area (Å²) in [6, 6.07) is 15.8. The molecule has 8 nitrogen and oxygen atoms in total. The molecule has 8 heteroatoms. The van der Waals surface area contributed by atoms with Crippen LogP contribution < -0.4 is 19.1 Å². The molecular weight excluding hydrogens is 424 g/mol. The van der Waals surface area contributed by atoms with Crippen molar-refractivity contribution in [2.45, 2.75) is 6.04 Å². The van der Waals surface area contributed by atoms with Crippen molar-refractivity contribution in [3.8, 4) is 17.2 Å². The van der Waals surface area contributed by atoms with Crippen LogP contribution in [0, 0.1) is 0 Å². The van der Waals surface area contributed by atoms with Crippen molar-refractivity contribution in [2.75, 3.05) is 26.2 Å². The first-order chi connectivity index (χ1) is 16.0. The Balaban J connectivity index is 1.98. The number of pyridine rings is 1. The highest BCUT2D eigenvalue weighted by Gasteiger charge is 2.48. The molecule has 0 aliphatic carbocycles. The summed E-state index contributed by atoms with van der Waals surface area (Å²) in [5, 5.41) is 11.3. The Labute approximate surface area is 190 Å². The number of ketones is 1. The van der Waals surface area contributed by atoms with Gasteiger partial charge >= 0.3 is 0 Å². The van der Waals surface area contributed by atoms with Crippen LogP contribution in [0.15, 0.2) is 72.4 Å². The van der Waals surface area contributed by atoms with Crippen molar-refractivity contribution in [1.29, 1.82) is 0 Å². The number of amides is 1. The van der Waals surface area contributed by atoms with Crippen LogP contribution in [0.3, 0.4) is 0 Å². The molecule has 0 spiro atoms. The number of aliphatic hydroxyl groups excluding tert-OH is 1. The number of para-hydroxylation sites is 2. The third-order valence-electron chi connectivity index (χ3n) is 5.42. The number of methoxy groups -OCH3 is 3. The number of carbonyl (C=O) groups excluding carboxylic acids is 2. The van der Waals surface area contributed by atoms with E-state index in [1.165, 1.54) is 26.2 Å². The van der Waals surface area contributed by atoms with Crippen LogP contribution >= 0.6 is 0 Å². The first kappa shape index (κ1) is 21.9. The van der Waals surface area contributed by atoms with Gasteiger partial charge < -0.3 is 19.3 Å². The fraction of sp³-hybridized carbons (Fsp3) is 0.160. The molecule has 0 bridgehead atoms. The Morgan fingerprint density at radius 3 is 2.30 bits per heavy atom. The van der Waals surface area contributed by atoms with E-state index in [-0.39, 0.29) is 22.6 Å². The van der Waals surface area contributed by atoms with Gasteiger partial charge in [0.05, 0.1) is 43.8 Å². The zero-order valence-corrected chi connectivity index (χ0v) is 18.3. The number of Topliss-reactive ketones (excluding diaryl/α,β-unsaturated/α-hetero) is 1. The smallest absolute Gasteiger partial charge is 0.300 e. The molecule has 1 aliphatic heterocycles. The number of nitrogens with zero attached hydrogens (tertiary/aromatic N) is 2. The minimum Gasteiger partial charge on any atom is -0.507 e. The third kappa shape index (κ3) is 3.76. The van der Waals surface area contributed by atoms with E-state index >= 15 is 0 Å². The normalized spacial score (nSPS) is 17.2. The number of benzene rings is 2. The van der Waals surface area contributed by atoms with Gasteiger partial charge in [0, 0.05) is 12.3 Å². The van der Waals surface area contributed by atoms with Crippen LogP contribution in [-0.4, -0.2) is 43.1 Å². The van der Waals surface area contributed by atoms with Gasteiger partial charge in [-0.25, -0.2) is 0 Å². The number of anilines is 1. The highest BCUT2D eigenvalue weighted by atomic mass is 16.5. The van der Waals surface area contributed by atoms with Crippen molar-refractivity contribution >= 4 is 23.1 Å². The average Bonchev–Trinajstić information content (AvgIpc) is 3.13. The Hall–Kier alpha value is -4.33.